The largest absolute Gasteiger partial charge is 0.466 e. The average molecular weight is 441 g/mol. The lowest BCUT2D eigenvalue weighted by Gasteiger charge is -2.25. The average Bonchev–Trinajstić information content (AvgIpc) is 3.29. The number of hydrogen-bond donors (Lipinski definition) is 1. The number of esters is 1. The van der Waals surface area contributed by atoms with Crippen LogP contribution in [0.2, 0.25) is 0 Å². The molecule has 1 N–H and O–H groups in total. The molecule has 0 amide bonds. The van der Waals surface area contributed by atoms with Crippen LogP contribution in [0.5, 0.6) is 0 Å². The molecule has 1 aliphatic rings. The van der Waals surface area contributed by atoms with Gasteiger partial charge in [-0.2, -0.15) is 0 Å². The van der Waals surface area contributed by atoms with Crippen LogP contribution in [0.25, 0.3) is 20.8 Å². The van der Waals surface area contributed by atoms with Crippen LogP contribution < -0.4 is 5.32 Å². The molecule has 0 saturated carbocycles. The van der Waals surface area contributed by atoms with Crippen LogP contribution in [0.1, 0.15) is 24.2 Å². The number of carbonyl (C=O) groups excluding carboxylic acids is 1. The van der Waals surface area contributed by atoms with Crippen molar-refractivity contribution in [1.29, 1.82) is 0 Å². The molecular weight excluding hydrogens is 420 g/mol. The normalized spacial score (nSPS) is 15.9. The zero-order chi connectivity index (χ0) is 22.1. The second-order valence-electron chi connectivity index (χ2n) is 7.33. The first kappa shape index (κ1) is 20.1. The molecule has 0 bridgehead atoms. The molecular formula is C25H20N4O2S. The van der Waals surface area contributed by atoms with E-state index < -0.39 is 12.0 Å². The van der Waals surface area contributed by atoms with Crippen molar-refractivity contribution < 1.29 is 9.53 Å². The molecule has 2 aromatic carbocycles. The van der Waals surface area contributed by atoms with Crippen LogP contribution in [0.3, 0.4) is 0 Å². The molecule has 32 heavy (non-hydrogen) atoms. The van der Waals surface area contributed by atoms with Gasteiger partial charge in [0.25, 0.3) is 0 Å². The fourth-order valence-electron chi connectivity index (χ4n) is 3.80. The molecule has 5 rings (SSSR count). The molecule has 158 valence electrons. The van der Waals surface area contributed by atoms with Crippen LogP contribution in [0.4, 0.5) is 0 Å². The highest BCUT2D eigenvalue weighted by Gasteiger charge is 2.32. The Morgan fingerprint density at radius 1 is 1.03 bits per heavy atom. The maximum Gasteiger partial charge on any atom is 0.338 e. The highest BCUT2D eigenvalue weighted by Crippen LogP contribution is 2.39. The van der Waals surface area contributed by atoms with Crippen molar-refractivity contribution in [2.45, 2.75) is 13.0 Å². The summed E-state index contributed by atoms with van der Waals surface area (Å²) in [7, 11) is 1.38. The van der Waals surface area contributed by atoms with Crippen molar-refractivity contribution in [1.82, 2.24) is 15.3 Å². The Kier molecular flexibility index (Phi) is 5.25. The van der Waals surface area contributed by atoms with Crippen molar-refractivity contribution in [3.8, 4) is 10.6 Å². The molecule has 4 aromatic rings. The fraction of sp³-hybridized carbons (Fsp3) is 0.120. The van der Waals surface area contributed by atoms with Crippen molar-refractivity contribution in [2.24, 2.45) is 4.99 Å². The monoisotopic (exact) mass is 440 g/mol. The molecule has 1 aliphatic heterocycles. The molecule has 7 heteroatoms. The third kappa shape index (κ3) is 3.56. The van der Waals surface area contributed by atoms with Gasteiger partial charge in [0.1, 0.15) is 16.7 Å². The van der Waals surface area contributed by atoms with E-state index in [1.54, 1.807) is 17.5 Å². The number of nitrogens with zero attached hydrogens (tertiary/aromatic N) is 3. The SMILES string of the molecule is COC(=O)C1=C(C)NC(c2ccccn2)=NC1c1cccc2sc(-c3ccccc3)nc12. The lowest BCUT2D eigenvalue weighted by molar-refractivity contribution is -0.136. The Morgan fingerprint density at radius 2 is 1.84 bits per heavy atom. The lowest BCUT2D eigenvalue weighted by atomic mass is 9.95. The summed E-state index contributed by atoms with van der Waals surface area (Å²) in [6, 6.07) is 21.2. The van der Waals surface area contributed by atoms with E-state index in [1.807, 2.05) is 73.7 Å². The Hall–Kier alpha value is -3.84. The number of allylic oxidation sites excluding steroid dienone is 1. The second kappa shape index (κ2) is 8.36. The summed E-state index contributed by atoms with van der Waals surface area (Å²) in [6.07, 6.45) is 1.72. The van der Waals surface area contributed by atoms with Gasteiger partial charge in [-0.15, -0.1) is 11.3 Å². The number of ether oxygens (including phenoxy) is 1. The molecule has 0 fully saturated rings. The number of benzene rings is 2. The summed E-state index contributed by atoms with van der Waals surface area (Å²) in [5, 5.41) is 4.15. The fourth-order valence-corrected chi connectivity index (χ4v) is 4.81. The molecule has 0 radical (unpaired) electrons. The van der Waals surface area contributed by atoms with Gasteiger partial charge in [0.05, 0.1) is 22.9 Å². The molecule has 6 nitrogen and oxygen atoms in total. The molecule has 0 spiro atoms. The first-order valence-electron chi connectivity index (χ1n) is 10.2. The number of thiazole rings is 1. The van der Waals surface area contributed by atoms with Gasteiger partial charge in [-0.05, 0) is 25.1 Å². The van der Waals surface area contributed by atoms with Crippen LogP contribution in [0.15, 0.2) is 89.2 Å². The predicted molar refractivity (Wildman–Crippen MR) is 126 cm³/mol. The number of methoxy groups -OCH3 is 1. The van der Waals surface area contributed by atoms with Crippen LogP contribution in [0, 0.1) is 0 Å². The van der Waals surface area contributed by atoms with Crippen LogP contribution in [-0.2, 0) is 9.53 Å². The summed E-state index contributed by atoms with van der Waals surface area (Å²) in [6.45, 7) is 1.85. The van der Waals surface area contributed by atoms with Crippen molar-refractivity contribution in [3.05, 3.63) is 95.5 Å². The van der Waals surface area contributed by atoms with Crippen LogP contribution >= 0.6 is 11.3 Å². The summed E-state index contributed by atoms with van der Waals surface area (Å²) in [4.78, 5) is 27.0. The molecule has 1 atom stereocenters. The standard InChI is InChI=1S/C25H20N4O2S/c1-15-20(25(30)31-2)22(28-23(27-15)18-12-6-7-14-26-18)17-11-8-13-19-21(17)29-24(32-19)16-9-4-3-5-10-16/h3-14,22H,1-2H3,(H,27,28). The number of amidine groups is 1. The number of aliphatic imine (C=N–C) groups is 1. The first-order chi connectivity index (χ1) is 15.7. The van der Waals surface area contributed by atoms with E-state index in [1.165, 1.54) is 7.11 Å². The summed E-state index contributed by atoms with van der Waals surface area (Å²) in [5.74, 6) is 0.190. The van der Waals surface area contributed by atoms with Crippen molar-refractivity contribution >= 4 is 33.4 Å². The maximum absolute atomic E-state index is 12.7. The van der Waals surface area contributed by atoms with E-state index in [9.17, 15) is 4.79 Å². The van der Waals surface area contributed by atoms with Crippen molar-refractivity contribution in [3.63, 3.8) is 0 Å². The van der Waals surface area contributed by atoms with E-state index in [0.29, 0.717) is 22.8 Å². The molecule has 3 heterocycles. The van der Waals surface area contributed by atoms with Gasteiger partial charge in [0.15, 0.2) is 5.84 Å². The van der Waals surface area contributed by atoms with Gasteiger partial charge in [-0.25, -0.2) is 9.78 Å². The van der Waals surface area contributed by atoms with Gasteiger partial charge < -0.3 is 10.1 Å². The Balaban J connectivity index is 1.69. The summed E-state index contributed by atoms with van der Waals surface area (Å²) >= 11 is 1.62. The highest BCUT2D eigenvalue weighted by molar-refractivity contribution is 7.21. The van der Waals surface area contributed by atoms with E-state index in [0.717, 1.165) is 26.4 Å². The minimum atomic E-state index is -0.560. The maximum atomic E-state index is 12.7. The quantitative estimate of drug-likeness (QED) is 0.457. The molecule has 1 unspecified atom stereocenters. The highest BCUT2D eigenvalue weighted by atomic mass is 32.1. The Bertz CT molecular complexity index is 1360. The van der Waals surface area contributed by atoms with Crippen LogP contribution in [-0.4, -0.2) is 28.9 Å². The number of pyridine rings is 1. The van der Waals surface area contributed by atoms with Gasteiger partial charge in [0, 0.05) is 23.0 Å². The Labute approximate surface area is 189 Å². The number of aromatic nitrogens is 2. The predicted octanol–water partition coefficient (Wildman–Crippen LogP) is 4.90. The number of nitrogens with one attached hydrogen (secondary N) is 1. The van der Waals surface area contributed by atoms with E-state index in [2.05, 4.69) is 10.3 Å². The van der Waals surface area contributed by atoms with E-state index in [-0.39, 0.29) is 0 Å². The topological polar surface area (TPSA) is 76.5 Å². The van der Waals surface area contributed by atoms with Gasteiger partial charge in [-0.3, -0.25) is 9.98 Å². The van der Waals surface area contributed by atoms with Gasteiger partial charge >= 0.3 is 5.97 Å². The Morgan fingerprint density at radius 3 is 2.59 bits per heavy atom. The molecule has 0 saturated heterocycles. The number of rotatable bonds is 4. The second-order valence-corrected chi connectivity index (χ2v) is 8.36. The third-order valence-electron chi connectivity index (χ3n) is 5.32. The molecule has 2 aromatic heterocycles. The number of fused-ring (bicyclic) bond motifs is 1. The van der Waals surface area contributed by atoms with E-state index in [4.69, 9.17) is 14.7 Å². The minimum Gasteiger partial charge on any atom is -0.466 e. The zero-order valence-electron chi connectivity index (χ0n) is 17.6. The number of carbonyl (C=O) groups is 1. The smallest absolute Gasteiger partial charge is 0.338 e. The summed E-state index contributed by atoms with van der Waals surface area (Å²) in [5.41, 5.74) is 4.61. The lowest BCUT2D eigenvalue weighted by Crippen LogP contribution is -2.33. The number of para-hydroxylation sites is 1. The zero-order valence-corrected chi connectivity index (χ0v) is 18.4. The van der Waals surface area contributed by atoms with Gasteiger partial charge in [0.2, 0.25) is 0 Å². The molecule has 0 aliphatic carbocycles. The van der Waals surface area contributed by atoms with Gasteiger partial charge in [-0.1, -0.05) is 48.5 Å². The number of hydrogen-bond acceptors (Lipinski definition) is 7. The van der Waals surface area contributed by atoms with E-state index >= 15 is 0 Å². The first-order valence-corrected chi connectivity index (χ1v) is 11.0. The third-order valence-corrected chi connectivity index (χ3v) is 6.39. The van der Waals surface area contributed by atoms with Crippen molar-refractivity contribution in [2.75, 3.05) is 7.11 Å². The minimum absolute atomic E-state index is 0.417. The summed E-state index contributed by atoms with van der Waals surface area (Å²) < 4.78 is 6.14.